The van der Waals surface area contributed by atoms with E-state index in [0.29, 0.717) is 24.1 Å². The van der Waals surface area contributed by atoms with Gasteiger partial charge in [-0.05, 0) is 55.2 Å². The molecule has 3 aromatic rings. The Labute approximate surface area is 183 Å². The molecule has 0 aliphatic carbocycles. The Balaban J connectivity index is 1.62. The number of carbonyl (C=O) groups excluding carboxylic acids is 2. The zero-order valence-electron chi connectivity index (χ0n) is 18.1. The molecule has 31 heavy (non-hydrogen) atoms. The first-order valence-electron chi connectivity index (χ1n) is 10.4. The average Bonchev–Trinajstić information content (AvgIpc) is 2.78. The van der Waals surface area contributed by atoms with Crippen LogP contribution in [0.3, 0.4) is 0 Å². The maximum atomic E-state index is 12.8. The zero-order valence-corrected chi connectivity index (χ0v) is 18.1. The first-order valence-corrected chi connectivity index (χ1v) is 10.4. The number of amides is 2. The number of benzene rings is 3. The van der Waals surface area contributed by atoms with E-state index in [1.807, 2.05) is 62.4 Å². The van der Waals surface area contributed by atoms with Crippen molar-refractivity contribution in [3.63, 3.8) is 0 Å². The van der Waals surface area contributed by atoms with Crippen LogP contribution in [0.5, 0.6) is 5.75 Å². The first kappa shape index (κ1) is 22.1. The molecular formula is C26H28N2O3. The number of para-hydroxylation sites is 1. The third-order valence-corrected chi connectivity index (χ3v) is 5.19. The largest absolute Gasteiger partial charge is 0.496 e. The highest BCUT2D eigenvalue weighted by Gasteiger charge is 2.16. The fourth-order valence-corrected chi connectivity index (χ4v) is 3.46. The van der Waals surface area contributed by atoms with Gasteiger partial charge in [0.05, 0.1) is 24.4 Å². The van der Waals surface area contributed by atoms with Crippen LogP contribution in [-0.2, 0) is 11.2 Å². The van der Waals surface area contributed by atoms with E-state index >= 15 is 0 Å². The van der Waals surface area contributed by atoms with Gasteiger partial charge in [0.25, 0.3) is 5.91 Å². The molecule has 3 rings (SSSR count). The van der Waals surface area contributed by atoms with Crippen LogP contribution in [0.1, 0.15) is 46.4 Å². The molecule has 5 heteroatoms. The number of hydrogen-bond acceptors (Lipinski definition) is 3. The fourth-order valence-electron chi connectivity index (χ4n) is 3.46. The lowest BCUT2D eigenvalue weighted by Gasteiger charge is -2.16. The van der Waals surface area contributed by atoms with Gasteiger partial charge in [0, 0.05) is 6.42 Å². The number of carbonyl (C=O) groups is 2. The highest BCUT2D eigenvalue weighted by molar-refractivity contribution is 6.03. The summed E-state index contributed by atoms with van der Waals surface area (Å²) >= 11 is 0. The van der Waals surface area contributed by atoms with Crippen LogP contribution >= 0.6 is 0 Å². The lowest BCUT2D eigenvalue weighted by molar-refractivity contribution is -0.116. The summed E-state index contributed by atoms with van der Waals surface area (Å²) in [5.74, 6) is 0.473. The highest BCUT2D eigenvalue weighted by Crippen LogP contribution is 2.21. The van der Waals surface area contributed by atoms with Crippen LogP contribution < -0.4 is 15.4 Å². The van der Waals surface area contributed by atoms with E-state index in [2.05, 4.69) is 10.6 Å². The molecule has 3 aromatic carbocycles. The zero-order chi connectivity index (χ0) is 22.2. The summed E-state index contributed by atoms with van der Waals surface area (Å²) in [4.78, 5) is 25.4. The fraction of sp³-hybridized carbons (Fsp3) is 0.231. The van der Waals surface area contributed by atoms with Crippen LogP contribution in [0.25, 0.3) is 0 Å². The Morgan fingerprint density at radius 2 is 1.68 bits per heavy atom. The predicted molar refractivity (Wildman–Crippen MR) is 123 cm³/mol. The van der Waals surface area contributed by atoms with Crippen LogP contribution in [-0.4, -0.2) is 18.9 Å². The Morgan fingerprint density at radius 3 is 2.39 bits per heavy atom. The molecule has 0 unspecified atom stereocenters. The van der Waals surface area contributed by atoms with Gasteiger partial charge in [0.1, 0.15) is 5.75 Å². The van der Waals surface area contributed by atoms with Gasteiger partial charge in [-0.25, -0.2) is 0 Å². The second-order valence-corrected chi connectivity index (χ2v) is 7.50. The highest BCUT2D eigenvalue weighted by atomic mass is 16.5. The van der Waals surface area contributed by atoms with Gasteiger partial charge in [-0.15, -0.1) is 0 Å². The Hall–Kier alpha value is -3.60. The summed E-state index contributed by atoms with van der Waals surface area (Å²) in [6.07, 6.45) is 0.929. The minimum absolute atomic E-state index is 0.134. The van der Waals surface area contributed by atoms with E-state index < -0.39 is 0 Å². The Bertz CT molecular complexity index is 1050. The summed E-state index contributed by atoms with van der Waals surface area (Å²) in [5.41, 5.74) is 4.08. The molecule has 5 nitrogen and oxygen atoms in total. The van der Waals surface area contributed by atoms with E-state index in [0.717, 1.165) is 22.4 Å². The van der Waals surface area contributed by atoms with Gasteiger partial charge < -0.3 is 15.4 Å². The summed E-state index contributed by atoms with van der Waals surface area (Å²) in [7, 11) is 1.64. The molecule has 0 saturated carbocycles. The molecule has 0 aromatic heterocycles. The predicted octanol–water partition coefficient (Wildman–Crippen LogP) is 5.07. The molecule has 160 valence electrons. The van der Waals surface area contributed by atoms with E-state index in [1.54, 1.807) is 31.4 Å². The molecule has 2 N–H and O–H groups in total. The number of hydrogen-bond donors (Lipinski definition) is 2. The van der Waals surface area contributed by atoms with Crippen molar-refractivity contribution in [1.29, 1.82) is 0 Å². The van der Waals surface area contributed by atoms with Crippen molar-refractivity contribution >= 4 is 17.5 Å². The van der Waals surface area contributed by atoms with Gasteiger partial charge in [-0.2, -0.15) is 0 Å². The number of rotatable bonds is 8. The van der Waals surface area contributed by atoms with Crippen LogP contribution in [0.4, 0.5) is 5.69 Å². The first-order chi connectivity index (χ1) is 15.0. The minimum Gasteiger partial charge on any atom is -0.496 e. The molecular weight excluding hydrogens is 388 g/mol. The molecule has 0 bridgehead atoms. The molecule has 0 saturated heterocycles. The molecule has 0 spiro atoms. The number of ether oxygens (including phenoxy) is 1. The number of aryl methyl sites for hydroxylation is 2. The van der Waals surface area contributed by atoms with Gasteiger partial charge in [0.2, 0.25) is 5.91 Å². The van der Waals surface area contributed by atoms with E-state index in [9.17, 15) is 9.59 Å². The van der Waals surface area contributed by atoms with Crippen LogP contribution in [0.15, 0.2) is 72.8 Å². The lowest BCUT2D eigenvalue weighted by atomic mass is 10.1. The summed E-state index contributed by atoms with van der Waals surface area (Å²) in [5, 5.41) is 5.89. The van der Waals surface area contributed by atoms with Crippen molar-refractivity contribution in [3.05, 3.63) is 95.1 Å². The number of nitrogens with one attached hydrogen (secondary N) is 2. The normalized spacial score (nSPS) is 11.5. The van der Waals surface area contributed by atoms with Gasteiger partial charge in [-0.1, -0.05) is 54.6 Å². The molecule has 0 fully saturated rings. The molecule has 0 heterocycles. The standard InChI is InChI=1S/C26H28N2O3/c1-18-17-20(13-15-24(18)31-3)14-16-25(29)28-23-12-8-7-11-22(23)26(30)27-19(2)21-9-5-4-6-10-21/h4-13,15,17,19H,14,16H2,1-3H3,(H,27,30)(H,28,29)/t19-/m1/s1. The lowest BCUT2D eigenvalue weighted by Crippen LogP contribution is -2.28. The maximum absolute atomic E-state index is 12.8. The topological polar surface area (TPSA) is 67.4 Å². The van der Waals surface area contributed by atoms with Crippen molar-refractivity contribution in [2.45, 2.75) is 32.7 Å². The molecule has 0 aliphatic rings. The second kappa shape index (κ2) is 10.4. The third-order valence-electron chi connectivity index (χ3n) is 5.19. The van der Waals surface area contributed by atoms with E-state index in [-0.39, 0.29) is 17.9 Å². The SMILES string of the molecule is COc1ccc(CCC(=O)Nc2ccccc2C(=O)N[C@H](C)c2ccccc2)cc1C. The van der Waals surface area contributed by atoms with E-state index in [4.69, 9.17) is 4.74 Å². The molecule has 0 radical (unpaired) electrons. The van der Waals surface area contributed by atoms with Gasteiger partial charge >= 0.3 is 0 Å². The second-order valence-electron chi connectivity index (χ2n) is 7.50. The summed E-state index contributed by atoms with van der Waals surface area (Å²) < 4.78 is 5.28. The Morgan fingerprint density at radius 1 is 0.968 bits per heavy atom. The van der Waals surface area contributed by atoms with Crippen LogP contribution in [0, 0.1) is 6.92 Å². The number of methoxy groups -OCH3 is 1. The van der Waals surface area contributed by atoms with Crippen molar-refractivity contribution in [2.24, 2.45) is 0 Å². The molecule has 0 aliphatic heterocycles. The average molecular weight is 417 g/mol. The molecule has 2 amide bonds. The minimum atomic E-state index is -0.224. The smallest absolute Gasteiger partial charge is 0.253 e. The van der Waals surface area contributed by atoms with Crippen molar-refractivity contribution in [3.8, 4) is 5.75 Å². The maximum Gasteiger partial charge on any atom is 0.253 e. The Kier molecular flexibility index (Phi) is 7.44. The van der Waals surface area contributed by atoms with Crippen molar-refractivity contribution < 1.29 is 14.3 Å². The van der Waals surface area contributed by atoms with Crippen LogP contribution in [0.2, 0.25) is 0 Å². The van der Waals surface area contributed by atoms with Crippen molar-refractivity contribution in [2.75, 3.05) is 12.4 Å². The summed E-state index contributed by atoms with van der Waals surface area (Å²) in [6.45, 7) is 3.92. The van der Waals surface area contributed by atoms with Crippen molar-refractivity contribution in [1.82, 2.24) is 5.32 Å². The third kappa shape index (κ3) is 5.95. The quantitative estimate of drug-likeness (QED) is 0.539. The van der Waals surface area contributed by atoms with Gasteiger partial charge in [-0.3, -0.25) is 9.59 Å². The van der Waals surface area contributed by atoms with Gasteiger partial charge in [0.15, 0.2) is 0 Å². The van der Waals surface area contributed by atoms with E-state index in [1.165, 1.54) is 0 Å². The monoisotopic (exact) mass is 416 g/mol. The molecule has 1 atom stereocenters. The summed E-state index contributed by atoms with van der Waals surface area (Å²) in [6, 6.07) is 22.6. The number of anilines is 1.